The van der Waals surface area contributed by atoms with Crippen LogP contribution in [0.2, 0.25) is 0 Å². The summed E-state index contributed by atoms with van der Waals surface area (Å²) in [4.78, 5) is 9.02. The molecular formula is C54H40IrN2-2. The van der Waals surface area contributed by atoms with E-state index in [-0.39, 0.29) is 25.5 Å². The van der Waals surface area contributed by atoms with Gasteiger partial charge in [-0.3, -0.25) is 0 Å². The minimum Gasteiger partial charge on any atom is -0.305 e. The molecule has 0 aliphatic heterocycles. The van der Waals surface area contributed by atoms with Crippen LogP contribution in [0, 0.1) is 35.8 Å². The minimum absolute atomic E-state index is 0. The summed E-state index contributed by atoms with van der Waals surface area (Å²) in [6.45, 7) is 6.61. The Morgan fingerprint density at radius 2 is 0.860 bits per heavy atom. The molecule has 0 unspecified atom stereocenters. The molecule has 2 heterocycles. The molecule has 8 aromatic rings. The van der Waals surface area contributed by atoms with Gasteiger partial charge in [-0.25, -0.2) is 0 Å². The fraction of sp³-hybridized carbons (Fsp3) is 0.0741. The molecule has 57 heavy (non-hydrogen) atoms. The van der Waals surface area contributed by atoms with Crippen molar-refractivity contribution in [1.82, 2.24) is 9.97 Å². The summed E-state index contributed by atoms with van der Waals surface area (Å²) in [7, 11) is 0. The van der Waals surface area contributed by atoms with Gasteiger partial charge in [0, 0.05) is 54.8 Å². The van der Waals surface area contributed by atoms with Crippen LogP contribution in [-0.2, 0) is 25.5 Å². The maximum absolute atomic E-state index is 4.71. The van der Waals surface area contributed by atoms with E-state index in [4.69, 9.17) is 4.98 Å². The van der Waals surface area contributed by atoms with Crippen LogP contribution < -0.4 is 0 Å². The van der Waals surface area contributed by atoms with Crippen molar-refractivity contribution in [2.75, 3.05) is 0 Å². The average Bonchev–Trinajstić information content (AvgIpc) is 3.26. The molecule has 0 amide bonds. The Morgan fingerprint density at radius 3 is 1.30 bits per heavy atom. The second-order valence-electron chi connectivity index (χ2n) is 14.3. The summed E-state index contributed by atoms with van der Waals surface area (Å²) in [5.41, 5.74) is 13.8. The van der Waals surface area contributed by atoms with Crippen molar-refractivity contribution < 1.29 is 20.1 Å². The van der Waals surface area contributed by atoms with Crippen LogP contribution in [0.4, 0.5) is 0 Å². The van der Waals surface area contributed by atoms with Gasteiger partial charge in [0.15, 0.2) is 0 Å². The van der Waals surface area contributed by atoms with Crippen molar-refractivity contribution in [3.8, 4) is 68.5 Å². The second-order valence-corrected chi connectivity index (χ2v) is 14.3. The van der Waals surface area contributed by atoms with Gasteiger partial charge in [0.05, 0.1) is 0 Å². The van der Waals surface area contributed by atoms with E-state index in [0.29, 0.717) is 0 Å². The fourth-order valence-electron chi connectivity index (χ4n) is 5.88. The van der Waals surface area contributed by atoms with Crippen molar-refractivity contribution >= 4 is 0 Å². The molecule has 2 aromatic heterocycles. The van der Waals surface area contributed by atoms with Gasteiger partial charge < -0.3 is 9.97 Å². The van der Waals surface area contributed by atoms with Gasteiger partial charge in [0.1, 0.15) is 0 Å². The Bertz CT molecular complexity index is 2450. The molecular weight excluding hydrogens is 869 g/mol. The summed E-state index contributed by atoms with van der Waals surface area (Å²) in [6, 6.07) is 65.9. The Kier molecular flexibility index (Phi) is 13.6. The van der Waals surface area contributed by atoms with Crippen LogP contribution in [0.3, 0.4) is 0 Å². The van der Waals surface area contributed by atoms with E-state index in [1.807, 2.05) is 109 Å². The second kappa shape index (κ2) is 19.3. The molecule has 0 saturated carbocycles. The van der Waals surface area contributed by atoms with E-state index in [0.717, 1.165) is 67.0 Å². The normalized spacial score (nSPS) is 10.3. The Labute approximate surface area is 351 Å². The van der Waals surface area contributed by atoms with Gasteiger partial charge in [-0.1, -0.05) is 141 Å². The summed E-state index contributed by atoms with van der Waals surface area (Å²) in [5.74, 6) is 12.9. The van der Waals surface area contributed by atoms with Crippen LogP contribution in [0.1, 0.15) is 48.6 Å². The molecule has 0 N–H and O–H groups in total. The van der Waals surface area contributed by atoms with Crippen LogP contribution >= 0.6 is 0 Å². The van der Waals surface area contributed by atoms with E-state index in [1.54, 1.807) is 6.20 Å². The molecule has 0 aliphatic carbocycles. The Morgan fingerprint density at radius 1 is 0.404 bits per heavy atom. The van der Waals surface area contributed by atoms with Gasteiger partial charge in [0.2, 0.25) is 0 Å². The quantitative estimate of drug-likeness (QED) is 0.130. The molecule has 3 heteroatoms. The predicted molar refractivity (Wildman–Crippen MR) is 231 cm³/mol. The van der Waals surface area contributed by atoms with Crippen LogP contribution in [0.25, 0.3) is 44.8 Å². The summed E-state index contributed by atoms with van der Waals surface area (Å²) >= 11 is 0. The first-order valence-corrected chi connectivity index (χ1v) is 18.6. The molecule has 2 nitrogen and oxygen atoms in total. The Balaban J connectivity index is 0.000000271. The maximum atomic E-state index is 4.71. The number of aromatic nitrogens is 2. The topological polar surface area (TPSA) is 25.8 Å². The smallest absolute Gasteiger partial charge is 0.0249 e. The third-order valence-corrected chi connectivity index (χ3v) is 9.16. The van der Waals surface area contributed by atoms with Crippen molar-refractivity contribution in [3.05, 3.63) is 228 Å². The molecule has 0 spiro atoms. The summed E-state index contributed by atoms with van der Waals surface area (Å²) in [6.07, 6.45) is 3.72. The van der Waals surface area contributed by atoms with Crippen molar-refractivity contribution in [3.63, 3.8) is 0 Å². The molecule has 0 saturated heterocycles. The van der Waals surface area contributed by atoms with Crippen molar-refractivity contribution in [2.45, 2.75) is 26.2 Å². The molecule has 277 valence electrons. The van der Waals surface area contributed by atoms with E-state index >= 15 is 0 Å². The molecule has 8 rings (SSSR count). The van der Waals surface area contributed by atoms with Gasteiger partial charge >= 0.3 is 0 Å². The maximum Gasteiger partial charge on any atom is 0.0249 e. The van der Waals surface area contributed by atoms with Gasteiger partial charge in [-0.15, -0.1) is 65.2 Å². The number of pyridine rings is 2. The van der Waals surface area contributed by atoms with E-state index in [9.17, 15) is 0 Å². The van der Waals surface area contributed by atoms with Gasteiger partial charge in [-0.05, 0) is 82.5 Å². The van der Waals surface area contributed by atoms with E-state index in [2.05, 4.69) is 134 Å². The number of hydrogen-bond acceptors (Lipinski definition) is 2. The van der Waals surface area contributed by atoms with E-state index in [1.165, 1.54) is 5.56 Å². The molecule has 0 bridgehead atoms. The van der Waals surface area contributed by atoms with E-state index < -0.39 is 0 Å². The third-order valence-electron chi connectivity index (χ3n) is 9.16. The largest absolute Gasteiger partial charge is 0.305 e. The minimum atomic E-state index is 0. The first-order chi connectivity index (χ1) is 27.4. The molecule has 1 radical (unpaired) electrons. The van der Waals surface area contributed by atoms with Crippen LogP contribution in [-0.4, -0.2) is 9.97 Å². The molecule has 0 atom stereocenters. The number of hydrogen-bond donors (Lipinski definition) is 0. The van der Waals surface area contributed by atoms with Crippen LogP contribution in [0.15, 0.2) is 188 Å². The average molecular weight is 909 g/mol. The molecule has 6 aromatic carbocycles. The summed E-state index contributed by atoms with van der Waals surface area (Å²) in [5, 5.41) is 0. The third kappa shape index (κ3) is 11.2. The Hall–Kier alpha value is -6.61. The SMILES string of the molecule is C(#Cc1ccc(-c2c[c-]c(-c3ccc(-c4ccc(C#Cc5ccccc5)cc4)cn3)cc2)cc1)c1ccccc1.CC(C)(C)c1c[c-]c(-c2ccccn2)cc1.[Ir]. The van der Waals surface area contributed by atoms with Crippen molar-refractivity contribution in [1.29, 1.82) is 0 Å². The van der Waals surface area contributed by atoms with Crippen molar-refractivity contribution in [2.24, 2.45) is 0 Å². The standard InChI is InChI=1S/C39H24N.C15H16N.Ir/c1-3-7-30(8-4-1)11-13-32-15-19-34(20-16-32)35-23-25-37(26-24-35)39-28-27-38(29-40-39)36-21-17-33(18-22-36)14-12-31-9-5-2-6-10-31;1-15(2,3)13-9-7-12(8-10-13)14-6-4-5-11-16-14;/h1-10,15-25,27-29H;4-7,9-11H,1-3H3;/q2*-1;. The monoisotopic (exact) mass is 909 g/mol. The molecule has 0 aliphatic rings. The zero-order chi connectivity index (χ0) is 38.6. The summed E-state index contributed by atoms with van der Waals surface area (Å²) < 4.78 is 0. The predicted octanol–water partition coefficient (Wildman–Crippen LogP) is 12.5. The number of nitrogens with zero attached hydrogens (tertiary/aromatic N) is 2. The zero-order valence-corrected chi connectivity index (χ0v) is 34.5. The van der Waals surface area contributed by atoms with Gasteiger partial charge in [0.25, 0.3) is 0 Å². The number of rotatable bonds is 4. The zero-order valence-electron chi connectivity index (χ0n) is 32.1. The first kappa shape index (κ1) is 40.1. The molecule has 0 fully saturated rings. The van der Waals surface area contributed by atoms with Crippen LogP contribution in [0.5, 0.6) is 0 Å². The van der Waals surface area contributed by atoms with Gasteiger partial charge in [-0.2, -0.15) is 0 Å². The fourth-order valence-corrected chi connectivity index (χ4v) is 5.88. The number of benzene rings is 6. The first-order valence-electron chi connectivity index (χ1n) is 18.6.